The van der Waals surface area contributed by atoms with Crippen LogP contribution in [0.1, 0.15) is 36.8 Å². The summed E-state index contributed by atoms with van der Waals surface area (Å²) in [5, 5.41) is 0. The molecule has 1 aromatic rings. The van der Waals surface area contributed by atoms with E-state index in [4.69, 9.17) is 5.73 Å². The molecule has 1 aromatic carbocycles. The van der Waals surface area contributed by atoms with Crippen LogP contribution in [0.15, 0.2) is 12.1 Å². The van der Waals surface area contributed by atoms with Gasteiger partial charge in [0.25, 0.3) is 0 Å². The molecule has 1 heterocycles. The molecule has 2 nitrogen and oxygen atoms in total. The molecule has 17 heavy (non-hydrogen) atoms. The normalized spacial score (nSPS) is 19.9. The number of aryl methyl sites for hydroxylation is 1. The number of fused-ring (bicyclic) bond motifs is 1. The Morgan fingerprint density at radius 3 is 2.82 bits per heavy atom. The molecule has 0 spiro atoms. The summed E-state index contributed by atoms with van der Waals surface area (Å²) in [5.74, 6) is 0.920. The van der Waals surface area contributed by atoms with Crippen LogP contribution < -0.4 is 10.6 Å². The lowest BCUT2D eigenvalue weighted by Crippen LogP contribution is -2.26. The van der Waals surface area contributed by atoms with Crippen LogP contribution in [0, 0.1) is 12.8 Å². The molecule has 0 unspecified atom stereocenters. The lowest BCUT2D eigenvalue weighted by molar-refractivity contribution is 0.538. The Bertz CT molecular complexity index is 419. The molecule has 2 aliphatic rings. The van der Waals surface area contributed by atoms with Gasteiger partial charge in [-0.05, 0) is 49.3 Å². The van der Waals surface area contributed by atoms with Crippen LogP contribution in [-0.4, -0.2) is 13.1 Å². The van der Waals surface area contributed by atoms with Gasteiger partial charge in [-0.3, -0.25) is 0 Å². The van der Waals surface area contributed by atoms with Crippen LogP contribution in [0.2, 0.25) is 0 Å². The smallest absolute Gasteiger partial charge is 0.0420 e. The minimum atomic E-state index is 0.920. The summed E-state index contributed by atoms with van der Waals surface area (Å²) in [6.07, 6.45) is 6.91. The van der Waals surface area contributed by atoms with Gasteiger partial charge in [0, 0.05) is 24.5 Å². The molecular weight excluding hydrogens is 208 g/mol. The summed E-state index contributed by atoms with van der Waals surface area (Å²) in [7, 11) is 0. The molecule has 1 aliphatic heterocycles. The SMILES string of the molecule is Cc1cc2c(cc1N)N(CC1CCCC1)CC2. The summed E-state index contributed by atoms with van der Waals surface area (Å²) in [6.45, 7) is 4.54. The molecule has 0 bridgehead atoms. The van der Waals surface area contributed by atoms with E-state index in [0.29, 0.717) is 0 Å². The Kier molecular flexibility index (Phi) is 2.73. The Balaban J connectivity index is 1.80. The molecule has 0 atom stereocenters. The molecule has 0 amide bonds. The van der Waals surface area contributed by atoms with E-state index in [9.17, 15) is 0 Å². The number of anilines is 2. The number of rotatable bonds is 2. The lowest BCUT2D eigenvalue weighted by Gasteiger charge is -2.23. The van der Waals surface area contributed by atoms with E-state index in [-0.39, 0.29) is 0 Å². The fraction of sp³-hybridized carbons (Fsp3) is 0.600. The second-order valence-corrected chi connectivity index (χ2v) is 5.68. The maximum Gasteiger partial charge on any atom is 0.0420 e. The largest absolute Gasteiger partial charge is 0.398 e. The summed E-state index contributed by atoms with van der Waals surface area (Å²) in [4.78, 5) is 2.56. The Morgan fingerprint density at radius 2 is 2.06 bits per heavy atom. The van der Waals surface area contributed by atoms with E-state index in [0.717, 1.165) is 11.6 Å². The summed E-state index contributed by atoms with van der Waals surface area (Å²) >= 11 is 0. The Hall–Kier alpha value is -1.18. The molecule has 0 saturated heterocycles. The van der Waals surface area contributed by atoms with Gasteiger partial charge in [0.2, 0.25) is 0 Å². The minimum absolute atomic E-state index is 0.920. The summed E-state index contributed by atoms with van der Waals surface area (Å²) in [5.41, 5.74) is 11.1. The fourth-order valence-corrected chi connectivity index (χ4v) is 3.34. The standard InChI is InChI=1S/C15H22N2/c1-11-8-13-6-7-17(15(13)9-14(11)16)10-12-4-2-3-5-12/h8-9,12H,2-7,10,16H2,1H3. The molecule has 1 aliphatic carbocycles. The zero-order valence-corrected chi connectivity index (χ0v) is 10.7. The molecule has 92 valence electrons. The van der Waals surface area contributed by atoms with E-state index < -0.39 is 0 Å². The minimum Gasteiger partial charge on any atom is -0.398 e. The predicted octanol–water partition coefficient (Wildman–Crippen LogP) is 3.13. The fourth-order valence-electron chi connectivity index (χ4n) is 3.34. The van der Waals surface area contributed by atoms with Gasteiger partial charge in [-0.1, -0.05) is 18.9 Å². The maximum atomic E-state index is 6.04. The van der Waals surface area contributed by atoms with Gasteiger partial charge in [-0.25, -0.2) is 0 Å². The number of hydrogen-bond acceptors (Lipinski definition) is 2. The van der Waals surface area contributed by atoms with Crippen LogP contribution in [0.5, 0.6) is 0 Å². The van der Waals surface area contributed by atoms with Crippen molar-refractivity contribution in [2.75, 3.05) is 23.7 Å². The second kappa shape index (κ2) is 4.25. The van der Waals surface area contributed by atoms with Gasteiger partial charge in [-0.15, -0.1) is 0 Å². The van der Waals surface area contributed by atoms with E-state index in [1.54, 1.807) is 0 Å². The van der Waals surface area contributed by atoms with Gasteiger partial charge >= 0.3 is 0 Å². The lowest BCUT2D eigenvalue weighted by atomic mass is 10.1. The average molecular weight is 230 g/mol. The first-order valence-corrected chi connectivity index (χ1v) is 6.88. The predicted molar refractivity (Wildman–Crippen MR) is 73.5 cm³/mol. The number of nitrogen functional groups attached to an aromatic ring is 1. The van der Waals surface area contributed by atoms with Crippen molar-refractivity contribution >= 4 is 11.4 Å². The number of nitrogens with zero attached hydrogens (tertiary/aromatic N) is 1. The third-order valence-electron chi connectivity index (χ3n) is 4.41. The Morgan fingerprint density at radius 1 is 1.29 bits per heavy atom. The van der Waals surface area contributed by atoms with Crippen LogP contribution in [0.4, 0.5) is 11.4 Å². The first-order chi connectivity index (χ1) is 8.24. The highest BCUT2D eigenvalue weighted by atomic mass is 15.1. The number of nitrogens with two attached hydrogens (primary N) is 1. The van der Waals surface area contributed by atoms with E-state index in [1.807, 2.05) is 0 Å². The molecule has 0 aromatic heterocycles. The first kappa shape index (κ1) is 10.9. The van der Waals surface area contributed by atoms with Crippen molar-refractivity contribution < 1.29 is 0 Å². The molecule has 0 radical (unpaired) electrons. The van der Waals surface area contributed by atoms with Gasteiger partial charge in [-0.2, -0.15) is 0 Å². The summed E-state index contributed by atoms with van der Waals surface area (Å²) in [6, 6.07) is 4.46. The van der Waals surface area contributed by atoms with Crippen LogP contribution in [0.25, 0.3) is 0 Å². The number of hydrogen-bond donors (Lipinski definition) is 1. The van der Waals surface area contributed by atoms with Crippen molar-refractivity contribution in [1.29, 1.82) is 0 Å². The van der Waals surface area contributed by atoms with Gasteiger partial charge in [0.05, 0.1) is 0 Å². The molecule has 2 heteroatoms. The maximum absolute atomic E-state index is 6.04. The van der Waals surface area contributed by atoms with Crippen molar-refractivity contribution in [3.8, 4) is 0 Å². The third-order valence-corrected chi connectivity index (χ3v) is 4.41. The van der Waals surface area contributed by atoms with Crippen LogP contribution in [-0.2, 0) is 6.42 Å². The zero-order chi connectivity index (χ0) is 11.8. The second-order valence-electron chi connectivity index (χ2n) is 5.68. The van der Waals surface area contributed by atoms with E-state index >= 15 is 0 Å². The highest BCUT2D eigenvalue weighted by Crippen LogP contribution is 2.34. The van der Waals surface area contributed by atoms with E-state index in [1.165, 1.54) is 62.0 Å². The van der Waals surface area contributed by atoms with Crippen molar-refractivity contribution in [2.24, 2.45) is 5.92 Å². The number of benzene rings is 1. The van der Waals surface area contributed by atoms with Crippen LogP contribution in [0.3, 0.4) is 0 Å². The highest BCUT2D eigenvalue weighted by molar-refractivity contribution is 5.67. The summed E-state index contributed by atoms with van der Waals surface area (Å²) < 4.78 is 0. The topological polar surface area (TPSA) is 29.3 Å². The van der Waals surface area contributed by atoms with E-state index in [2.05, 4.69) is 24.0 Å². The quantitative estimate of drug-likeness (QED) is 0.791. The first-order valence-electron chi connectivity index (χ1n) is 6.88. The van der Waals surface area contributed by atoms with Crippen molar-refractivity contribution in [1.82, 2.24) is 0 Å². The zero-order valence-electron chi connectivity index (χ0n) is 10.7. The monoisotopic (exact) mass is 230 g/mol. The highest BCUT2D eigenvalue weighted by Gasteiger charge is 2.24. The molecule has 1 saturated carbocycles. The molecule has 2 N–H and O–H groups in total. The average Bonchev–Trinajstić information content (AvgIpc) is 2.92. The Labute approximate surface area is 104 Å². The molecule has 3 rings (SSSR count). The third kappa shape index (κ3) is 2.01. The molecular formula is C15H22N2. The van der Waals surface area contributed by atoms with Crippen molar-refractivity contribution in [3.05, 3.63) is 23.3 Å². The van der Waals surface area contributed by atoms with Crippen LogP contribution >= 0.6 is 0 Å². The van der Waals surface area contributed by atoms with Gasteiger partial charge in [0.15, 0.2) is 0 Å². The van der Waals surface area contributed by atoms with Crippen molar-refractivity contribution in [2.45, 2.75) is 39.0 Å². The van der Waals surface area contributed by atoms with Crippen molar-refractivity contribution in [3.63, 3.8) is 0 Å². The molecule has 1 fully saturated rings. The van der Waals surface area contributed by atoms with Gasteiger partial charge < -0.3 is 10.6 Å². The van der Waals surface area contributed by atoms with Gasteiger partial charge in [0.1, 0.15) is 0 Å².